The van der Waals surface area contributed by atoms with Gasteiger partial charge in [0.25, 0.3) is 17.3 Å². The molecule has 1 unspecified atom stereocenters. The van der Waals surface area contributed by atoms with Crippen molar-refractivity contribution >= 4 is 26.6 Å². The van der Waals surface area contributed by atoms with E-state index < -0.39 is 49.3 Å². The van der Waals surface area contributed by atoms with Crippen molar-refractivity contribution in [1.82, 2.24) is 20.1 Å². The van der Waals surface area contributed by atoms with E-state index in [9.17, 15) is 32.6 Å². The van der Waals surface area contributed by atoms with E-state index in [1.807, 2.05) is 0 Å². The molecule has 1 amide bonds. The van der Waals surface area contributed by atoms with Gasteiger partial charge in [0.05, 0.1) is 29.2 Å². The van der Waals surface area contributed by atoms with Gasteiger partial charge in [-0.3, -0.25) is 9.59 Å². The highest BCUT2D eigenvalue weighted by atomic mass is 32.2. The number of aromatic nitrogens is 3. The van der Waals surface area contributed by atoms with Crippen LogP contribution in [0.4, 0.5) is 4.39 Å². The van der Waals surface area contributed by atoms with E-state index in [4.69, 9.17) is 10.00 Å². The molecule has 1 aromatic carbocycles. The molecule has 14 heteroatoms. The van der Waals surface area contributed by atoms with Gasteiger partial charge in [-0.25, -0.2) is 12.8 Å². The van der Waals surface area contributed by atoms with Crippen LogP contribution < -0.4 is 15.6 Å². The molecule has 4 rings (SSSR count). The van der Waals surface area contributed by atoms with Gasteiger partial charge in [0.2, 0.25) is 0 Å². The Morgan fingerprint density at radius 1 is 1.35 bits per heavy atom. The minimum Gasteiger partial charge on any atom is -0.473 e. The van der Waals surface area contributed by atoms with E-state index in [1.165, 1.54) is 45.3 Å². The number of ether oxygens (including phenoxy) is 1. The number of aliphatic hydroxyl groups excluding tert-OH is 2. The molecule has 40 heavy (non-hydrogen) atoms. The van der Waals surface area contributed by atoms with Crippen molar-refractivity contribution < 1.29 is 32.6 Å². The van der Waals surface area contributed by atoms with E-state index in [0.717, 1.165) is 10.6 Å². The second-order valence-electron chi connectivity index (χ2n) is 10.3. The molecular formula is C26H28FN5O7S. The fraction of sp³-hybridized carbons (Fsp3) is 0.423. The van der Waals surface area contributed by atoms with Gasteiger partial charge in [-0.1, -0.05) is 6.07 Å². The van der Waals surface area contributed by atoms with Crippen LogP contribution in [0.25, 0.3) is 10.9 Å². The Morgan fingerprint density at radius 2 is 2.05 bits per heavy atom. The van der Waals surface area contributed by atoms with Crippen molar-refractivity contribution in [3.63, 3.8) is 0 Å². The smallest absolute Gasteiger partial charge is 0.263 e. The van der Waals surface area contributed by atoms with Crippen LogP contribution in [0.3, 0.4) is 0 Å². The quantitative estimate of drug-likeness (QED) is 0.312. The Kier molecular flexibility index (Phi) is 7.68. The topological polar surface area (TPSA) is 184 Å². The number of carbonyl (C=O) groups excluding carboxylic acids is 1. The summed E-state index contributed by atoms with van der Waals surface area (Å²) in [6.07, 6.45) is 0.385. The predicted octanol–water partition coefficient (Wildman–Crippen LogP) is 0.727. The van der Waals surface area contributed by atoms with Crippen molar-refractivity contribution in [3.8, 4) is 11.9 Å². The van der Waals surface area contributed by atoms with Gasteiger partial charge in [-0.15, -0.1) is 5.10 Å². The van der Waals surface area contributed by atoms with Crippen LogP contribution in [0.15, 0.2) is 35.3 Å². The highest BCUT2D eigenvalue weighted by Gasteiger charge is 2.62. The molecule has 2 aromatic heterocycles. The minimum absolute atomic E-state index is 0.0938. The van der Waals surface area contributed by atoms with E-state index in [0.29, 0.717) is 10.9 Å². The van der Waals surface area contributed by atoms with Crippen molar-refractivity contribution in [2.75, 3.05) is 13.2 Å². The molecule has 0 bridgehead atoms. The summed E-state index contributed by atoms with van der Waals surface area (Å²) in [7, 11) is -2.58. The summed E-state index contributed by atoms with van der Waals surface area (Å²) in [4.78, 5) is 25.9. The number of hydrogen-bond acceptors (Lipinski definition) is 10. The molecule has 1 atom stereocenters. The zero-order valence-electron chi connectivity index (χ0n) is 22.0. The summed E-state index contributed by atoms with van der Waals surface area (Å²) < 4.78 is 44.6. The van der Waals surface area contributed by atoms with Crippen LogP contribution in [0.2, 0.25) is 0 Å². The van der Waals surface area contributed by atoms with Crippen LogP contribution in [0, 0.1) is 17.1 Å². The number of aryl methyl sites for hydroxylation is 1. The highest BCUT2D eigenvalue weighted by molar-refractivity contribution is 7.94. The summed E-state index contributed by atoms with van der Waals surface area (Å²) in [5.41, 5.74) is -0.454. The highest BCUT2D eigenvalue weighted by Crippen LogP contribution is 2.49. The van der Waals surface area contributed by atoms with Gasteiger partial charge in [0.15, 0.2) is 9.84 Å². The zero-order valence-corrected chi connectivity index (χ0v) is 22.8. The number of halogens is 1. The Morgan fingerprint density at radius 3 is 2.65 bits per heavy atom. The summed E-state index contributed by atoms with van der Waals surface area (Å²) in [5.74, 6) is -1.56. The maximum atomic E-state index is 13.9. The Labute approximate surface area is 229 Å². The number of fused-ring (bicyclic) bond motifs is 1. The summed E-state index contributed by atoms with van der Waals surface area (Å²) in [5, 5.41) is 39.0. The maximum absolute atomic E-state index is 13.9. The first kappa shape index (κ1) is 29.1. The second-order valence-corrected chi connectivity index (χ2v) is 13.2. The van der Waals surface area contributed by atoms with Crippen molar-refractivity contribution in [2.24, 2.45) is 7.05 Å². The first-order valence-electron chi connectivity index (χ1n) is 12.3. The second kappa shape index (κ2) is 10.6. The lowest BCUT2D eigenvalue weighted by Gasteiger charge is -2.33. The van der Waals surface area contributed by atoms with Gasteiger partial charge < -0.3 is 24.8 Å². The van der Waals surface area contributed by atoms with E-state index >= 15 is 0 Å². The SMILES string of the molecule is Cn1c(=O)c(C(=O)NCc2ccc(C#N)c(F)c2)cc2cnnc(OCC3(S(=O)(=O)C(C)(C)C(O)CO)CC3)c21. The molecule has 1 saturated carbocycles. The number of amides is 1. The minimum atomic E-state index is -3.98. The monoisotopic (exact) mass is 573 g/mol. The van der Waals surface area contributed by atoms with Gasteiger partial charge in [-0.2, -0.15) is 10.4 Å². The van der Waals surface area contributed by atoms with Crippen LogP contribution in [0.5, 0.6) is 5.88 Å². The molecule has 0 saturated heterocycles. The number of benzene rings is 1. The predicted molar refractivity (Wildman–Crippen MR) is 141 cm³/mol. The van der Waals surface area contributed by atoms with Gasteiger partial charge in [0.1, 0.15) is 34.3 Å². The third kappa shape index (κ3) is 4.91. The maximum Gasteiger partial charge on any atom is 0.263 e. The summed E-state index contributed by atoms with van der Waals surface area (Å²) in [6, 6.07) is 6.91. The van der Waals surface area contributed by atoms with E-state index in [2.05, 4.69) is 15.5 Å². The number of nitriles is 1. The number of pyridine rings is 1. The third-order valence-electron chi connectivity index (χ3n) is 7.36. The lowest BCUT2D eigenvalue weighted by atomic mass is 10.1. The zero-order chi connectivity index (χ0) is 29.5. The molecule has 0 radical (unpaired) electrons. The summed E-state index contributed by atoms with van der Waals surface area (Å²) >= 11 is 0. The fourth-order valence-corrected chi connectivity index (χ4v) is 6.80. The lowest BCUT2D eigenvalue weighted by Crippen LogP contribution is -2.52. The lowest BCUT2D eigenvalue weighted by molar-refractivity contribution is 0.0684. The molecule has 0 spiro atoms. The standard InChI is InChI=1S/C26H28FN5O7S/c1-25(2,20(34)13-33)40(37,38)26(6-7-26)14-39-23-21-17(12-30-31-23)9-18(24(36)32(21)3)22(35)29-11-15-4-5-16(10-28)19(27)8-15/h4-5,8-9,12,20,33-34H,6-7,11,13-14H2,1-3H3,(H,29,35). The van der Waals surface area contributed by atoms with Crippen molar-refractivity contribution in [1.29, 1.82) is 5.26 Å². The van der Waals surface area contributed by atoms with E-state index in [1.54, 1.807) is 6.07 Å². The van der Waals surface area contributed by atoms with Crippen LogP contribution >= 0.6 is 0 Å². The molecule has 212 valence electrons. The van der Waals surface area contributed by atoms with Gasteiger partial charge in [-0.05, 0) is 50.5 Å². The van der Waals surface area contributed by atoms with Crippen molar-refractivity contribution in [2.45, 2.75) is 48.8 Å². The van der Waals surface area contributed by atoms with Crippen LogP contribution in [-0.4, -0.2) is 68.1 Å². The van der Waals surface area contributed by atoms with E-state index in [-0.39, 0.29) is 48.5 Å². The molecule has 12 nitrogen and oxygen atoms in total. The number of nitrogens with zero attached hydrogens (tertiary/aromatic N) is 4. The number of hydrogen-bond donors (Lipinski definition) is 3. The first-order chi connectivity index (χ1) is 18.8. The molecule has 0 aliphatic heterocycles. The number of carbonyl (C=O) groups is 1. The number of aliphatic hydroxyl groups is 2. The molecule has 1 aliphatic carbocycles. The number of nitrogens with one attached hydrogen (secondary N) is 1. The third-order valence-corrected chi connectivity index (χ3v) is 10.7. The molecule has 1 aliphatic rings. The summed E-state index contributed by atoms with van der Waals surface area (Å²) in [6.45, 7) is 1.55. The van der Waals surface area contributed by atoms with Crippen LogP contribution in [0.1, 0.15) is 48.2 Å². The number of rotatable bonds is 10. The van der Waals surface area contributed by atoms with Crippen molar-refractivity contribution in [3.05, 3.63) is 63.3 Å². The fourth-order valence-electron chi connectivity index (χ4n) is 4.40. The average Bonchev–Trinajstić information content (AvgIpc) is 3.73. The normalized spacial score (nSPS) is 15.3. The Bertz CT molecular complexity index is 1690. The van der Waals surface area contributed by atoms with Gasteiger partial charge in [0, 0.05) is 19.0 Å². The largest absolute Gasteiger partial charge is 0.473 e. The number of sulfone groups is 1. The average molecular weight is 574 g/mol. The molecular weight excluding hydrogens is 545 g/mol. The van der Waals surface area contributed by atoms with Crippen LogP contribution in [-0.2, 0) is 23.4 Å². The first-order valence-corrected chi connectivity index (χ1v) is 13.8. The molecule has 3 aromatic rings. The Balaban J connectivity index is 1.58. The van der Waals surface area contributed by atoms with Gasteiger partial charge >= 0.3 is 0 Å². The molecule has 1 fully saturated rings. The molecule has 2 heterocycles. The Hall–Kier alpha value is -3.93. The molecule has 3 N–H and O–H groups in total.